The van der Waals surface area contributed by atoms with Gasteiger partial charge in [-0.25, -0.2) is 4.79 Å². The molecule has 1 aliphatic heterocycles. The van der Waals surface area contributed by atoms with Crippen molar-refractivity contribution in [3.8, 4) is 0 Å². The molecule has 2 rings (SSSR count). The summed E-state index contributed by atoms with van der Waals surface area (Å²) in [5, 5.41) is 18.7. The van der Waals surface area contributed by atoms with Gasteiger partial charge in [-0.3, -0.25) is 4.79 Å². The van der Waals surface area contributed by atoms with E-state index in [4.69, 9.17) is 10.8 Å². The molecule has 1 saturated heterocycles. The van der Waals surface area contributed by atoms with Gasteiger partial charge in [0.25, 0.3) is 0 Å². The van der Waals surface area contributed by atoms with Gasteiger partial charge in [0.05, 0.1) is 12.1 Å². The Kier molecular flexibility index (Phi) is 4.42. The van der Waals surface area contributed by atoms with Gasteiger partial charge in [0, 0.05) is 13.0 Å². The largest absolute Gasteiger partial charge is 0.480 e. The molecule has 0 unspecified atom stereocenters. The highest BCUT2D eigenvalue weighted by molar-refractivity contribution is 5.87. The first-order chi connectivity index (χ1) is 9.00. The fourth-order valence-electron chi connectivity index (χ4n) is 3.18. The van der Waals surface area contributed by atoms with E-state index >= 15 is 0 Å². The van der Waals surface area contributed by atoms with Gasteiger partial charge in [0.1, 0.15) is 6.04 Å². The fourth-order valence-corrected chi connectivity index (χ4v) is 3.18. The minimum absolute atomic E-state index is 0.0796. The summed E-state index contributed by atoms with van der Waals surface area (Å²) in [7, 11) is 0. The van der Waals surface area contributed by atoms with Crippen LogP contribution in [-0.2, 0) is 9.59 Å². The minimum Gasteiger partial charge on any atom is -0.480 e. The summed E-state index contributed by atoms with van der Waals surface area (Å²) >= 11 is 0. The number of hydrogen-bond donors (Lipinski definition) is 3. The molecule has 1 aliphatic carbocycles. The number of likely N-dealkylation sites (tertiary alicyclic amines) is 1. The molecule has 4 N–H and O–H groups in total. The third-order valence-electron chi connectivity index (χ3n) is 4.29. The van der Waals surface area contributed by atoms with Crippen molar-refractivity contribution in [3.05, 3.63) is 0 Å². The third kappa shape index (κ3) is 3.06. The van der Waals surface area contributed by atoms with Crippen molar-refractivity contribution in [2.45, 2.75) is 56.7 Å². The van der Waals surface area contributed by atoms with Gasteiger partial charge >= 0.3 is 5.97 Å². The van der Waals surface area contributed by atoms with Crippen molar-refractivity contribution in [2.24, 2.45) is 11.7 Å². The van der Waals surface area contributed by atoms with Crippen LogP contribution in [0.5, 0.6) is 0 Å². The Bertz CT molecular complexity index is 355. The molecule has 0 bridgehead atoms. The number of nitrogens with two attached hydrogens (primary N) is 1. The molecule has 0 aromatic rings. The van der Waals surface area contributed by atoms with Crippen LogP contribution in [0.3, 0.4) is 0 Å². The molecule has 1 saturated carbocycles. The molecule has 108 valence electrons. The molecule has 0 spiro atoms. The summed E-state index contributed by atoms with van der Waals surface area (Å²) in [6.45, 7) is 0.0796. The van der Waals surface area contributed by atoms with E-state index in [1.165, 1.54) is 11.3 Å². The van der Waals surface area contributed by atoms with E-state index in [-0.39, 0.29) is 24.8 Å². The van der Waals surface area contributed by atoms with Gasteiger partial charge in [0.2, 0.25) is 5.91 Å². The highest BCUT2D eigenvalue weighted by atomic mass is 16.4. The number of aliphatic hydroxyl groups is 1. The molecule has 0 aromatic heterocycles. The maximum Gasteiger partial charge on any atom is 0.326 e. The van der Waals surface area contributed by atoms with Crippen LogP contribution in [0.15, 0.2) is 0 Å². The average molecular weight is 270 g/mol. The Morgan fingerprint density at radius 2 is 1.84 bits per heavy atom. The van der Waals surface area contributed by atoms with Gasteiger partial charge < -0.3 is 20.8 Å². The third-order valence-corrected chi connectivity index (χ3v) is 4.29. The molecule has 3 atom stereocenters. The van der Waals surface area contributed by atoms with E-state index in [1.54, 1.807) is 0 Å². The molecular formula is C13H22N2O4. The maximum absolute atomic E-state index is 12.3. The van der Waals surface area contributed by atoms with Gasteiger partial charge in [-0.1, -0.05) is 19.3 Å². The molecule has 2 fully saturated rings. The van der Waals surface area contributed by atoms with E-state index in [0.717, 1.165) is 25.7 Å². The quantitative estimate of drug-likeness (QED) is 0.666. The number of carbonyl (C=O) groups is 2. The van der Waals surface area contributed by atoms with Crippen molar-refractivity contribution in [1.82, 2.24) is 4.90 Å². The predicted molar refractivity (Wildman–Crippen MR) is 68.3 cm³/mol. The summed E-state index contributed by atoms with van der Waals surface area (Å²) in [6, 6.07) is -1.57. The summed E-state index contributed by atoms with van der Waals surface area (Å²) in [5.74, 6) is -1.25. The number of carboxylic acid groups (broad SMARTS) is 1. The van der Waals surface area contributed by atoms with Crippen LogP contribution < -0.4 is 5.73 Å². The molecule has 1 amide bonds. The standard InChI is InChI=1S/C13H22N2O4/c14-11(8-4-2-1-3-5-8)12(17)15-7-9(16)6-10(15)13(18)19/h8-11,16H,1-7,14H2,(H,18,19)/t9-,10+,11+/m1/s1. The van der Waals surface area contributed by atoms with Crippen LogP contribution >= 0.6 is 0 Å². The lowest BCUT2D eigenvalue weighted by atomic mass is 9.83. The summed E-state index contributed by atoms with van der Waals surface area (Å²) in [5.41, 5.74) is 6.01. The monoisotopic (exact) mass is 270 g/mol. The summed E-state index contributed by atoms with van der Waals surface area (Å²) < 4.78 is 0. The van der Waals surface area contributed by atoms with Crippen LogP contribution in [0.4, 0.5) is 0 Å². The molecular weight excluding hydrogens is 248 g/mol. The topological polar surface area (TPSA) is 104 Å². The predicted octanol–water partition coefficient (Wildman–Crippen LogP) is -0.0596. The zero-order valence-electron chi connectivity index (χ0n) is 11.0. The highest BCUT2D eigenvalue weighted by Crippen LogP contribution is 2.28. The Balaban J connectivity index is 2.02. The number of carboxylic acids is 1. The summed E-state index contributed by atoms with van der Waals surface area (Å²) in [4.78, 5) is 24.7. The summed E-state index contributed by atoms with van der Waals surface area (Å²) in [6.07, 6.45) is 4.54. The SMILES string of the molecule is N[C@H](C(=O)N1C[C@H](O)C[C@H]1C(=O)O)C1CCCCC1. The van der Waals surface area contributed by atoms with Gasteiger partial charge in [-0.05, 0) is 18.8 Å². The van der Waals surface area contributed by atoms with Gasteiger partial charge in [0.15, 0.2) is 0 Å². The van der Waals surface area contributed by atoms with E-state index in [0.29, 0.717) is 0 Å². The average Bonchev–Trinajstić information content (AvgIpc) is 2.80. The first kappa shape index (κ1) is 14.3. The molecule has 6 heteroatoms. The zero-order valence-corrected chi connectivity index (χ0v) is 11.0. The van der Waals surface area contributed by atoms with Crippen molar-refractivity contribution < 1.29 is 19.8 Å². The number of amides is 1. The van der Waals surface area contributed by atoms with Crippen molar-refractivity contribution in [3.63, 3.8) is 0 Å². The molecule has 2 aliphatic rings. The van der Waals surface area contributed by atoms with Crippen molar-refractivity contribution >= 4 is 11.9 Å². The molecule has 0 radical (unpaired) electrons. The number of hydrogen-bond acceptors (Lipinski definition) is 4. The fraction of sp³-hybridized carbons (Fsp3) is 0.846. The number of β-amino-alcohol motifs (C(OH)–C–C–N with tert-alkyl or cyclic N) is 1. The lowest BCUT2D eigenvalue weighted by Crippen LogP contribution is -2.51. The van der Waals surface area contributed by atoms with E-state index in [1.807, 2.05) is 0 Å². The van der Waals surface area contributed by atoms with Crippen LogP contribution in [0, 0.1) is 5.92 Å². The van der Waals surface area contributed by atoms with E-state index in [9.17, 15) is 14.7 Å². The Hall–Kier alpha value is -1.14. The van der Waals surface area contributed by atoms with Crippen LogP contribution in [0.1, 0.15) is 38.5 Å². The first-order valence-corrected chi connectivity index (χ1v) is 6.97. The molecule has 19 heavy (non-hydrogen) atoms. The molecule has 1 heterocycles. The second-order valence-electron chi connectivity index (χ2n) is 5.66. The zero-order chi connectivity index (χ0) is 14.0. The number of aliphatic hydroxyl groups excluding tert-OH is 1. The second-order valence-corrected chi connectivity index (χ2v) is 5.66. The maximum atomic E-state index is 12.3. The van der Waals surface area contributed by atoms with E-state index in [2.05, 4.69) is 0 Å². The van der Waals surface area contributed by atoms with Gasteiger partial charge in [-0.2, -0.15) is 0 Å². The normalized spacial score (nSPS) is 30.3. The lowest BCUT2D eigenvalue weighted by Gasteiger charge is -2.31. The smallest absolute Gasteiger partial charge is 0.326 e. The van der Waals surface area contributed by atoms with Gasteiger partial charge in [-0.15, -0.1) is 0 Å². The number of carbonyl (C=O) groups excluding carboxylic acids is 1. The molecule has 0 aromatic carbocycles. The number of rotatable bonds is 3. The molecule has 6 nitrogen and oxygen atoms in total. The second kappa shape index (κ2) is 5.88. The van der Waals surface area contributed by atoms with Crippen molar-refractivity contribution in [2.75, 3.05) is 6.54 Å². The Labute approximate surface area is 112 Å². The Morgan fingerprint density at radius 3 is 2.42 bits per heavy atom. The lowest BCUT2D eigenvalue weighted by molar-refractivity contribution is -0.149. The minimum atomic E-state index is -1.07. The number of aliphatic carboxylic acids is 1. The van der Waals surface area contributed by atoms with Crippen LogP contribution in [0.2, 0.25) is 0 Å². The van der Waals surface area contributed by atoms with E-state index < -0.39 is 24.2 Å². The highest BCUT2D eigenvalue weighted by Gasteiger charge is 2.41. The number of nitrogens with zero attached hydrogens (tertiary/aromatic N) is 1. The first-order valence-electron chi connectivity index (χ1n) is 6.97. The van der Waals surface area contributed by atoms with Crippen LogP contribution in [0.25, 0.3) is 0 Å². The van der Waals surface area contributed by atoms with Crippen LogP contribution in [-0.4, -0.2) is 51.7 Å². The Morgan fingerprint density at radius 1 is 1.21 bits per heavy atom. The van der Waals surface area contributed by atoms with Crippen molar-refractivity contribution in [1.29, 1.82) is 0 Å².